The summed E-state index contributed by atoms with van der Waals surface area (Å²) in [5.74, 6) is 1.90. The van der Waals surface area contributed by atoms with Gasteiger partial charge in [-0.05, 0) is 68.3 Å². The summed E-state index contributed by atoms with van der Waals surface area (Å²) < 4.78 is 0. The minimum Gasteiger partial charge on any atom is -0.348 e. The van der Waals surface area contributed by atoms with Crippen molar-refractivity contribution < 1.29 is 4.79 Å². The van der Waals surface area contributed by atoms with E-state index in [9.17, 15) is 4.79 Å². The third kappa shape index (κ3) is 1.96. The first kappa shape index (κ1) is 14.3. The summed E-state index contributed by atoms with van der Waals surface area (Å²) in [6.07, 6.45) is 7.30. The van der Waals surface area contributed by atoms with Gasteiger partial charge in [-0.3, -0.25) is 4.79 Å². The summed E-state index contributed by atoms with van der Waals surface area (Å²) in [7, 11) is 3.86. The van der Waals surface area contributed by atoms with Gasteiger partial charge in [-0.1, -0.05) is 29.8 Å². The number of hydrogen-bond donors (Lipinski definition) is 0. The van der Waals surface area contributed by atoms with Crippen LogP contribution in [-0.2, 0) is 10.2 Å². The molecule has 2 nitrogen and oxygen atoms in total. The minimum absolute atomic E-state index is 0.0710. The van der Waals surface area contributed by atoms with E-state index in [0.717, 1.165) is 31.1 Å². The van der Waals surface area contributed by atoms with E-state index in [-0.39, 0.29) is 10.8 Å². The Balaban J connectivity index is 1.76. The highest BCUT2D eigenvalue weighted by Crippen LogP contribution is 2.66. The molecule has 0 aromatic heterocycles. The Labute approximate surface area is 133 Å². The normalized spacial score (nSPS) is 39.0. The molecule has 0 N–H and O–H groups in total. The van der Waals surface area contributed by atoms with Crippen LogP contribution in [0.2, 0.25) is 0 Å². The van der Waals surface area contributed by atoms with Crippen LogP contribution in [0.3, 0.4) is 0 Å². The smallest absolute Gasteiger partial charge is 0.228 e. The lowest BCUT2D eigenvalue weighted by Gasteiger charge is -2.62. The number of aryl methyl sites for hydroxylation is 1. The number of carbonyl (C=O) groups is 1. The van der Waals surface area contributed by atoms with Gasteiger partial charge in [0, 0.05) is 14.1 Å². The Hall–Kier alpha value is -1.31. The van der Waals surface area contributed by atoms with Crippen molar-refractivity contribution in [2.75, 3.05) is 14.1 Å². The number of benzene rings is 1. The quantitative estimate of drug-likeness (QED) is 0.810. The first-order valence-electron chi connectivity index (χ1n) is 8.71. The van der Waals surface area contributed by atoms with E-state index in [1.165, 1.54) is 30.4 Å². The highest BCUT2D eigenvalue weighted by Gasteiger charge is 2.61. The second-order valence-electron chi connectivity index (χ2n) is 8.59. The zero-order chi connectivity index (χ0) is 15.5. The molecule has 0 spiro atoms. The van der Waals surface area contributed by atoms with Gasteiger partial charge in [-0.2, -0.15) is 0 Å². The average Bonchev–Trinajstić information content (AvgIpc) is 2.45. The minimum atomic E-state index is -0.0710. The average molecular weight is 297 g/mol. The molecule has 1 aromatic rings. The standard InChI is InChI=1S/C20H27NO/c1-14-4-6-17(7-5-14)19-9-15-8-16(10-19)12-20(11-15,13-19)18(22)21(2)3/h4-7,15-16H,8-13H2,1-3H3/t15-,16-,19?,20?/m1/s1. The summed E-state index contributed by atoms with van der Waals surface area (Å²) in [6, 6.07) is 9.15. The summed E-state index contributed by atoms with van der Waals surface area (Å²) in [5.41, 5.74) is 3.01. The van der Waals surface area contributed by atoms with Gasteiger partial charge in [-0.25, -0.2) is 0 Å². The SMILES string of the molecule is Cc1ccc(C23C[C@H]4C[C@@H](CC(C(=O)N(C)C)(C4)C2)C3)cc1. The van der Waals surface area contributed by atoms with Gasteiger partial charge in [-0.15, -0.1) is 0 Å². The van der Waals surface area contributed by atoms with E-state index in [2.05, 4.69) is 31.2 Å². The molecule has 4 fully saturated rings. The Morgan fingerprint density at radius 1 is 1.05 bits per heavy atom. The zero-order valence-corrected chi connectivity index (χ0v) is 14.1. The second-order valence-corrected chi connectivity index (χ2v) is 8.59. The molecule has 0 aliphatic heterocycles. The van der Waals surface area contributed by atoms with E-state index < -0.39 is 0 Å². The topological polar surface area (TPSA) is 20.3 Å². The maximum atomic E-state index is 13.0. The molecule has 0 heterocycles. The van der Waals surface area contributed by atoms with Crippen LogP contribution in [0.15, 0.2) is 24.3 Å². The van der Waals surface area contributed by atoms with Gasteiger partial charge >= 0.3 is 0 Å². The van der Waals surface area contributed by atoms with Crippen LogP contribution in [0.25, 0.3) is 0 Å². The summed E-state index contributed by atoms with van der Waals surface area (Å²) in [4.78, 5) is 14.8. The van der Waals surface area contributed by atoms with E-state index >= 15 is 0 Å². The van der Waals surface area contributed by atoms with Crippen molar-refractivity contribution in [2.24, 2.45) is 17.3 Å². The molecular weight excluding hydrogens is 270 g/mol. The molecule has 4 aliphatic rings. The highest BCUT2D eigenvalue weighted by atomic mass is 16.2. The lowest BCUT2D eigenvalue weighted by Crippen LogP contribution is -2.58. The Kier molecular flexibility index (Phi) is 2.99. The van der Waals surface area contributed by atoms with Gasteiger partial charge in [0.1, 0.15) is 0 Å². The largest absolute Gasteiger partial charge is 0.348 e. The van der Waals surface area contributed by atoms with Crippen molar-refractivity contribution in [3.8, 4) is 0 Å². The molecule has 2 heteroatoms. The lowest BCUT2D eigenvalue weighted by molar-refractivity contribution is -0.157. The molecule has 22 heavy (non-hydrogen) atoms. The highest BCUT2D eigenvalue weighted by molar-refractivity contribution is 5.83. The molecule has 0 saturated heterocycles. The third-order valence-electron chi connectivity index (χ3n) is 6.58. The lowest BCUT2D eigenvalue weighted by atomic mass is 9.42. The van der Waals surface area contributed by atoms with Crippen molar-refractivity contribution in [2.45, 2.75) is 50.9 Å². The third-order valence-corrected chi connectivity index (χ3v) is 6.58. The van der Waals surface area contributed by atoms with Crippen LogP contribution in [0, 0.1) is 24.2 Å². The van der Waals surface area contributed by atoms with Crippen LogP contribution in [0.1, 0.15) is 49.7 Å². The summed E-state index contributed by atoms with van der Waals surface area (Å²) in [6.45, 7) is 2.15. The molecule has 4 bridgehead atoms. The van der Waals surface area contributed by atoms with Crippen LogP contribution in [0.5, 0.6) is 0 Å². The monoisotopic (exact) mass is 297 g/mol. The van der Waals surface area contributed by atoms with Gasteiger partial charge in [0.2, 0.25) is 5.91 Å². The van der Waals surface area contributed by atoms with Crippen LogP contribution >= 0.6 is 0 Å². The molecule has 118 valence electrons. The molecule has 2 atom stereocenters. The van der Waals surface area contributed by atoms with Crippen molar-refractivity contribution >= 4 is 5.91 Å². The molecule has 1 aromatic carbocycles. The molecule has 4 saturated carbocycles. The summed E-state index contributed by atoms with van der Waals surface area (Å²) >= 11 is 0. The maximum absolute atomic E-state index is 13.0. The van der Waals surface area contributed by atoms with Gasteiger partial charge in [0.05, 0.1) is 5.41 Å². The Morgan fingerprint density at radius 2 is 1.64 bits per heavy atom. The fourth-order valence-corrected chi connectivity index (χ4v) is 6.23. The number of hydrogen-bond acceptors (Lipinski definition) is 1. The molecule has 5 rings (SSSR count). The molecule has 4 aliphatic carbocycles. The fourth-order valence-electron chi connectivity index (χ4n) is 6.23. The molecule has 0 radical (unpaired) electrons. The number of nitrogens with zero attached hydrogens (tertiary/aromatic N) is 1. The Morgan fingerprint density at radius 3 is 2.18 bits per heavy atom. The predicted octanol–water partition coefficient (Wildman–Crippen LogP) is 3.92. The van der Waals surface area contributed by atoms with Gasteiger partial charge < -0.3 is 4.90 Å². The van der Waals surface area contributed by atoms with Gasteiger partial charge in [0.15, 0.2) is 0 Å². The van der Waals surface area contributed by atoms with E-state index in [0.29, 0.717) is 5.91 Å². The zero-order valence-electron chi connectivity index (χ0n) is 14.1. The number of carbonyl (C=O) groups excluding carboxylic acids is 1. The maximum Gasteiger partial charge on any atom is 0.228 e. The van der Waals surface area contributed by atoms with Gasteiger partial charge in [0.25, 0.3) is 0 Å². The van der Waals surface area contributed by atoms with Crippen LogP contribution in [0.4, 0.5) is 0 Å². The second kappa shape index (κ2) is 4.59. The summed E-state index contributed by atoms with van der Waals surface area (Å²) in [5, 5.41) is 0. The van der Waals surface area contributed by atoms with Crippen molar-refractivity contribution in [1.82, 2.24) is 4.90 Å². The first-order valence-corrected chi connectivity index (χ1v) is 8.71. The van der Waals surface area contributed by atoms with E-state index in [1.54, 1.807) is 0 Å². The fraction of sp³-hybridized carbons (Fsp3) is 0.650. The predicted molar refractivity (Wildman–Crippen MR) is 88.7 cm³/mol. The van der Waals surface area contributed by atoms with E-state index in [1.807, 2.05) is 19.0 Å². The van der Waals surface area contributed by atoms with E-state index in [4.69, 9.17) is 0 Å². The number of amides is 1. The van der Waals surface area contributed by atoms with Crippen molar-refractivity contribution in [3.05, 3.63) is 35.4 Å². The van der Waals surface area contributed by atoms with Crippen LogP contribution < -0.4 is 0 Å². The first-order chi connectivity index (χ1) is 10.4. The molecule has 0 unspecified atom stereocenters. The van der Waals surface area contributed by atoms with Crippen molar-refractivity contribution in [1.29, 1.82) is 0 Å². The van der Waals surface area contributed by atoms with Crippen LogP contribution in [-0.4, -0.2) is 24.9 Å². The molecule has 1 amide bonds. The Bertz CT molecular complexity index is 587. The number of rotatable bonds is 2. The van der Waals surface area contributed by atoms with Crippen molar-refractivity contribution in [3.63, 3.8) is 0 Å². The molecular formula is C20H27NO.